The summed E-state index contributed by atoms with van der Waals surface area (Å²) in [6.07, 6.45) is 3.26. The van der Waals surface area contributed by atoms with E-state index in [9.17, 15) is 14.4 Å². The fourth-order valence-electron chi connectivity index (χ4n) is 3.30. The number of imide groups is 1. The minimum atomic E-state index is -0.495. The first-order valence-corrected chi connectivity index (χ1v) is 10.7. The highest BCUT2D eigenvalue weighted by atomic mass is 32.2. The number of hydrogen-bond donors (Lipinski definition) is 1. The van der Waals surface area contributed by atoms with Crippen molar-refractivity contribution in [2.24, 2.45) is 0 Å². The van der Waals surface area contributed by atoms with E-state index in [-0.39, 0.29) is 11.4 Å². The molecule has 3 aromatic carbocycles. The number of benzene rings is 3. The van der Waals surface area contributed by atoms with Gasteiger partial charge < -0.3 is 10.1 Å². The molecule has 4 rings (SSSR count). The lowest BCUT2D eigenvalue weighted by atomic mass is 10.1. The van der Waals surface area contributed by atoms with E-state index in [1.807, 2.05) is 42.5 Å². The maximum absolute atomic E-state index is 12.8. The maximum atomic E-state index is 12.8. The predicted octanol–water partition coefficient (Wildman–Crippen LogP) is 5.08. The van der Waals surface area contributed by atoms with Crippen molar-refractivity contribution in [3.05, 3.63) is 89.9 Å². The molecule has 1 aliphatic heterocycles. The summed E-state index contributed by atoms with van der Waals surface area (Å²) in [5.41, 5.74) is 1.35. The van der Waals surface area contributed by atoms with Gasteiger partial charge in [0.25, 0.3) is 11.1 Å². The molecule has 1 heterocycles. The lowest BCUT2D eigenvalue weighted by molar-refractivity contribution is -0.127. The molecule has 3 aromatic rings. The van der Waals surface area contributed by atoms with Crippen molar-refractivity contribution in [2.75, 3.05) is 18.5 Å². The number of anilines is 1. The van der Waals surface area contributed by atoms with Gasteiger partial charge in [-0.2, -0.15) is 0 Å². The summed E-state index contributed by atoms with van der Waals surface area (Å²) in [4.78, 5) is 39.0. The highest BCUT2D eigenvalue weighted by Gasteiger charge is 2.36. The lowest BCUT2D eigenvalue weighted by Gasteiger charge is -2.13. The van der Waals surface area contributed by atoms with Gasteiger partial charge in [0, 0.05) is 11.1 Å². The van der Waals surface area contributed by atoms with Crippen LogP contribution in [0.3, 0.4) is 0 Å². The molecule has 3 amide bonds. The molecule has 1 saturated heterocycles. The van der Waals surface area contributed by atoms with E-state index in [1.54, 1.807) is 36.4 Å². The van der Waals surface area contributed by atoms with E-state index >= 15 is 0 Å². The Hall–Kier alpha value is -3.84. The van der Waals surface area contributed by atoms with E-state index in [0.29, 0.717) is 18.0 Å². The minimum absolute atomic E-state index is 0.258. The van der Waals surface area contributed by atoms with E-state index in [0.717, 1.165) is 33.0 Å². The van der Waals surface area contributed by atoms with E-state index in [2.05, 4.69) is 11.9 Å². The van der Waals surface area contributed by atoms with Gasteiger partial charge in [-0.25, -0.2) is 0 Å². The van der Waals surface area contributed by atoms with Gasteiger partial charge in [0.15, 0.2) is 0 Å². The maximum Gasteiger partial charge on any atom is 0.294 e. The van der Waals surface area contributed by atoms with Crippen LogP contribution in [0.25, 0.3) is 16.8 Å². The Balaban J connectivity index is 1.46. The molecular weight excluding hydrogens is 424 g/mol. The molecule has 1 aliphatic rings. The van der Waals surface area contributed by atoms with Crippen LogP contribution in [0.1, 0.15) is 5.56 Å². The van der Waals surface area contributed by atoms with Crippen molar-refractivity contribution in [1.29, 1.82) is 0 Å². The standard InChI is InChI=1S/C25H20N2O4S/c1-2-13-31-19-10-5-7-17(14-19)15-22-24(29)27(25(30)32-22)16-23(28)26-21-12-6-9-18-8-3-4-11-20(18)21/h2-12,14-15H,1,13,16H2,(H,26,28)/b22-15+. The Labute approximate surface area is 189 Å². The third kappa shape index (κ3) is 4.73. The number of thioether (sulfide) groups is 1. The molecule has 7 heteroatoms. The summed E-state index contributed by atoms with van der Waals surface area (Å²) < 4.78 is 5.50. The third-order valence-corrected chi connectivity index (χ3v) is 5.67. The van der Waals surface area contributed by atoms with E-state index < -0.39 is 17.1 Å². The highest BCUT2D eigenvalue weighted by Crippen LogP contribution is 2.32. The number of nitrogens with one attached hydrogen (secondary N) is 1. The summed E-state index contributed by atoms with van der Waals surface area (Å²) >= 11 is 0.813. The summed E-state index contributed by atoms with van der Waals surface area (Å²) in [6.45, 7) is 3.63. The number of ether oxygens (including phenoxy) is 1. The fraction of sp³-hybridized carbons (Fsp3) is 0.0800. The van der Waals surface area contributed by atoms with Gasteiger partial charge in [-0.15, -0.1) is 0 Å². The van der Waals surface area contributed by atoms with Crippen LogP contribution in [-0.2, 0) is 9.59 Å². The second-order valence-electron chi connectivity index (χ2n) is 7.01. The van der Waals surface area contributed by atoms with Gasteiger partial charge in [-0.3, -0.25) is 19.3 Å². The number of rotatable bonds is 7. The van der Waals surface area contributed by atoms with Crippen molar-refractivity contribution in [3.63, 3.8) is 0 Å². The molecule has 0 unspecified atom stereocenters. The van der Waals surface area contributed by atoms with Crippen molar-refractivity contribution < 1.29 is 19.1 Å². The average Bonchev–Trinajstić information content (AvgIpc) is 3.05. The summed E-state index contributed by atoms with van der Waals surface area (Å²) in [7, 11) is 0. The van der Waals surface area contributed by atoms with E-state index in [1.165, 1.54) is 0 Å². The predicted molar refractivity (Wildman–Crippen MR) is 127 cm³/mol. The molecule has 32 heavy (non-hydrogen) atoms. The van der Waals surface area contributed by atoms with Crippen LogP contribution in [-0.4, -0.2) is 35.1 Å². The van der Waals surface area contributed by atoms with Crippen LogP contribution in [0.5, 0.6) is 5.75 Å². The summed E-state index contributed by atoms with van der Waals surface area (Å²) in [5, 5.41) is 4.20. The Kier molecular flexibility index (Phi) is 6.37. The highest BCUT2D eigenvalue weighted by molar-refractivity contribution is 8.18. The van der Waals surface area contributed by atoms with Crippen LogP contribution in [0.15, 0.2) is 84.3 Å². The first-order chi connectivity index (χ1) is 15.5. The molecular formula is C25H20N2O4S. The molecule has 0 spiro atoms. The zero-order chi connectivity index (χ0) is 22.5. The quantitative estimate of drug-likeness (QED) is 0.406. The normalized spacial score (nSPS) is 14.8. The van der Waals surface area contributed by atoms with E-state index in [4.69, 9.17) is 4.74 Å². The largest absolute Gasteiger partial charge is 0.490 e. The Morgan fingerprint density at radius 3 is 2.69 bits per heavy atom. The molecule has 160 valence electrons. The first kappa shape index (κ1) is 21.4. The molecule has 0 saturated carbocycles. The Bertz CT molecular complexity index is 1250. The van der Waals surface area contributed by atoms with Crippen LogP contribution >= 0.6 is 11.8 Å². The summed E-state index contributed by atoms with van der Waals surface area (Å²) in [6, 6.07) is 20.4. The van der Waals surface area contributed by atoms with Crippen LogP contribution in [0, 0.1) is 0 Å². The lowest BCUT2D eigenvalue weighted by Crippen LogP contribution is -2.36. The van der Waals surface area contributed by atoms with Crippen molar-refractivity contribution in [3.8, 4) is 5.75 Å². The smallest absolute Gasteiger partial charge is 0.294 e. The Morgan fingerprint density at radius 1 is 1.06 bits per heavy atom. The second-order valence-corrected chi connectivity index (χ2v) is 8.01. The molecule has 0 atom stereocenters. The first-order valence-electron chi connectivity index (χ1n) is 9.92. The molecule has 1 fully saturated rings. The molecule has 0 radical (unpaired) electrons. The molecule has 0 aromatic heterocycles. The van der Waals surface area contributed by atoms with Crippen LogP contribution < -0.4 is 10.1 Å². The molecule has 6 nitrogen and oxygen atoms in total. The van der Waals surface area contributed by atoms with Gasteiger partial charge in [-0.05, 0) is 47.0 Å². The SMILES string of the molecule is C=CCOc1cccc(/C=C2/SC(=O)N(CC(=O)Nc3cccc4ccccc34)C2=O)c1. The third-order valence-electron chi connectivity index (χ3n) is 4.76. The van der Waals surface area contributed by atoms with Gasteiger partial charge in [0.1, 0.15) is 18.9 Å². The van der Waals surface area contributed by atoms with Crippen molar-refractivity contribution in [1.82, 2.24) is 4.90 Å². The number of nitrogens with zero attached hydrogens (tertiary/aromatic N) is 1. The number of amides is 3. The fourth-order valence-corrected chi connectivity index (χ4v) is 4.14. The number of fused-ring (bicyclic) bond motifs is 1. The molecule has 0 bridgehead atoms. The second kappa shape index (κ2) is 9.53. The van der Waals surface area contributed by atoms with Crippen LogP contribution in [0.4, 0.5) is 10.5 Å². The monoisotopic (exact) mass is 444 g/mol. The average molecular weight is 445 g/mol. The molecule has 1 N–H and O–H groups in total. The number of hydrogen-bond acceptors (Lipinski definition) is 5. The number of carbonyl (C=O) groups is 3. The topological polar surface area (TPSA) is 75.7 Å². The van der Waals surface area contributed by atoms with Gasteiger partial charge >= 0.3 is 0 Å². The minimum Gasteiger partial charge on any atom is -0.490 e. The van der Waals surface area contributed by atoms with Gasteiger partial charge in [0.2, 0.25) is 5.91 Å². The Morgan fingerprint density at radius 2 is 1.84 bits per heavy atom. The van der Waals surface area contributed by atoms with Gasteiger partial charge in [0.05, 0.1) is 4.91 Å². The number of carbonyl (C=O) groups excluding carboxylic acids is 3. The van der Waals surface area contributed by atoms with Crippen molar-refractivity contribution in [2.45, 2.75) is 0 Å². The van der Waals surface area contributed by atoms with Crippen LogP contribution in [0.2, 0.25) is 0 Å². The van der Waals surface area contributed by atoms with Crippen molar-refractivity contribution >= 4 is 51.4 Å². The van der Waals surface area contributed by atoms with Gasteiger partial charge in [-0.1, -0.05) is 61.2 Å². The molecule has 0 aliphatic carbocycles. The summed E-state index contributed by atoms with van der Waals surface area (Å²) in [5.74, 6) is -0.303. The zero-order valence-electron chi connectivity index (χ0n) is 17.1. The zero-order valence-corrected chi connectivity index (χ0v) is 17.9.